The van der Waals surface area contributed by atoms with Crippen LogP contribution in [0.2, 0.25) is 0 Å². The number of morpholine rings is 1. The minimum Gasteiger partial charge on any atom is -0.387 e. The number of ether oxygens (including phenoxy) is 1. The van der Waals surface area contributed by atoms with Crippen molar-refractivity contribution in [1.82, 2.24) is 9.88 Å². The summed E-state index contributed by atoms with van der Waals surface area (Å²) in [5, 5.41) is 16.0. The highest BCUT2D eigenvalue weighted by molar-refractivity contribution is 7.09. The van der Waals surface area contributed by atoms with E-state index in [2.05, 4.69) is 34.1 Å². The Labute approximate surface area is 145 Å². The Balaban J connectivity index is 1.45. The molecule has 4 rings (SSSR count). The average Bonchev–Trinajstić information content (AvgIpc) is 3.16. The number of hydrogen-bond donors (Lipinski definition) is 1. The van der Waals surface area contributed by atoms with Gasteiger partial charge in [0, 0.05) is 31.2 Å². The molecule has 0 bridgehead atoms. The molecule has 4 nitrogen and oxygen atoms in total. The first kappa shape index (κ1) is 15.7. The molecular formula is C19H20N2O2S. The van der Waals surface area contributed by atoms with Crippen LogP contribution in [-0.2, 0) is 4.74 Å². The number of hydrogen-bond acceptors (Lipinski definition) is 5. The summed E-state index contributed by atoms with van der Waals surface area (Å²) in [7, 11) is 0. The van der Waals surface area contributed by atoms with Crippen molar-refractivity contribution in [3.8, 4) is 0 Å². The second-order valence-electron chi connectivity index (χ2n) is 6.11. The fourth-order valence-corrected chi connectivity index (χ4v) is 3.85. The molecule has 1 N–H and O–H groups in total. The first-order chi connectivity index (χ1) is 11.8. The second kappa shape index (κ2) is 6.99. The van der Waals surface area contributed by atoms with Gasteiger partial charge in [0.1, 0.15) is 11.1 Å². The predicted molar refractivity (Wildman–Crippen MR) is 96.2 cm³/mol. The molecule has 1 aliphatic rings. The molecule has 3 aromatic rings. The number of aliphatic hydroxyl groups is 1. The maximum absolute atomic E-state index is 10.7. The Bertz CT molecular complexity index is 806. The van der Waals surface area contributed by atoms with E-state index < -0.39 is 6.10 Å². The minimum atomic E-state index is -0.496. The molecule has 1 fully saturated rings. The topological polar surface area (TPSA) is 45.6 Å². The van der Waals surface area contributed by atoms with Gasteiger partial charge in [-0.1, -0.05) is 36.4 Å². The van der Waals surface area contributed by atoms with Crippen molar-refractivity contribution in [2.75, 3.05) is 26.2 Å². The molecule has 1 aliphatic heterocycles. The summed E-state index contributed by atoms with van der Waals surface area (Å²) in [6.07, 6.45) is 1.33. The molecule has 2 atom stereocenters. The van der Waals surface area contributed by atoms with Crippen molar-refractivity contribution < 1.29 is 9.84 Å². The number of rotatable bonds is 4. The van der Waals surface area contributed by atoms with E-state index in [4.69, 9.17) is 4.74 Å². The van der Waals surface area contributed by atoms with Gasteiger partial charge in [-0.15, -0.1) is 11.3 Å². The Kier molecular flexibility index (Phi) is 4.58. The van der Waals surface area contributed by atoms with Crippen molar-refractivity contribution in [1.29, 1.82) is 0 Å². The first-order valence-corrected chi connectivity index (χ1v) is 9.08. The van der Waals surface area contributed by atoms with Gasteiger partial charge in [-0.25, -0.2) is 4.98 Å². The number of aliphatic hydroxyl groups excluding tert-OH is 1. The van der Waals surface area contributed by atoms with Crippen LogP contribution in [0.4, 0.5) is 0 Å². The maximum Gasteiger partial charge on any atom is 0.123 e. The van der Waals surface area contributed by atoms with E-state index in [9.17, 15) is 5.11 Å². The second-order valence-corrected chi connectivity index (χ2v) is 7.04. The lowest BCUT2D eigenvalue weighted by Crippen LogP contribution is -2.40. The van der Waals surface area contributed by atoms with Crippen LogP contribution >= 0.6 is 11.3 Å². The summed E-state index contributed by atoms with van der Waals surface area (Å²) in [5.41, 5.74) is 0.964. The van der Waals surface area contributed by atoms with Crippen LogP contribution in [0.15, 0.2) is 54.0 Å². The van der Waals surface area contributed by atoms with Crippen molar-refractivity contribution >= 4 is 22.1 Å². The number of benzene rings is 2. The lowest BCUT2D eigenvalue weighted by Gasteiger charge is -2.33. The van der Waals surface area contributed by atoms with Crippen LogP contribution in [0, 0.1) is 0 Å². The number of fused-ring (bicyclic) bond motifs is 1. The van der Waals surface area contributed by atoms with Gasteiger partial charge in [-0.2, -0.15) is 0 Å². The summed E-state index contributed by atoms with van der Waals surface area (Å²) in [5.74, 6) is 0. The SMILES string of the molecule is O[C@H](CN1CCO[C@@H](c2nccs2)C1)c1ccc2ccccc2c1. The van der Waals surface area contributed by atoms with Gasteiger partial charge in [0.05, 0.1) is 12.7 Å². The van der Waals surface area contributed by atoms with Crippen LogP contribution < -0.4 is 0 Å². The van der Waals surface area contributed by atoms with Gasteiger partial charge >= 0.3 is 0 Å². The number of aromatic nitrogens is 1. The summed E-state index contributed by atoms with van der Waals surface area (Å²) in [6, 6.07) is 14.4. The van der Waals surface area contributed by atoms with Gasteiger partial charge in [-0.05, 0) is 22.4 Å². The van der Waals surface area contributed by atoms with Gasteiger partial charge in [0.2, 0.25) is 0 Å². The molecule has 0 saturated carbocycles. The molecule has 0 aliphatic carbocycles. The zero-order chi connectivity index (χ0) is 16.4. The number of thiazole rings is 1. The van der Waals surface area contributed by atoms with Gasteiger partial charge in [-0.3, -0.25) is 4.90 Å². The first-order valence-electron chi connectivity index (χ1n) is 8.20. The Morgan fingerprint density at radius 2 is 2.12 bits per heavy atom. The van der Waals surface area contributed by atoms with E-state index >= 15 is 0 Å². The number of β-amino-alcohol motifs (C(OH)–C–C–N with tert-alkyl or cyclic N) is 1. The van der Waals surface area contributed by atoms with E-state index in [1.54, 1.807) is 11.3 Å². The Hall–Kier alpha value is -1.79. The van der Waals surface area contributed by atoms with E-state index in [0.717, 1.165) is 29.0 Å². The van der Waals surface area contributed by atoms with Crippen LogP contribution in [0.1, 0.15) is 22.8 Å². The minimum absolute atomic E-state index is 0.0163. The molecule has 0 amide bonds. The summed E-state index contributed by atoms with van der Waals surface area (Å²) in [6.45, 7) is 2.91. The molecule has 124 valence electrons. The Morgan fingerprint density at radius 3 is 2.96 bits per heavy atom. The quantitative estimate of drug-likeness (QED) is 0.791. The standard InChI is InChI=1S/C19H20N2O2S/c22-17(16-6-5-14-3-1-2-4-15(14)11-16)12-21-8-9-23-18(13-21)19-20-7-10-24-19/h1-7,10-11,17-18,22H,8-9,12-13H2/t17-,18-/m1/s1. The number of nitrogens with zero attached hydrogens (tertiary/aromatic N) is 2. The Morgan fingerprint density at radius 1 is 1.25 bits per heavy atom. The molecule has 24 heavy (non-hydrogen) atoms. The van der Waals surface area contributed by atoms with Crippen molar-refractivity contribution in [3.63, 3.8) is 0 Å². The molecule has 0 radical (unpaired) electrons. The summed E-state index contributed by atoms with van der Waals surface area (Å²) >= 11 is 1.62. The highest BCUT2D eigenvalue weighted by Crippen LogP contribution is 2.26. The fraction of sp³-hybridized carbons (Fsp3) is 0.316. The lowest BCUT2D eigenvalue weighted by molar-refractivity contribution is -0.0424. The highest BCUT2D eigenvalue weighted by Gasteiger charge is 2.25. The van der Waals surface area contributed by atoms with Crippen LogP contribution in [0.5, 0.6) is 0 Å². The molecule has 2 heterocycles. The molecule has 0 unspecified atom stereocenters. The zero-order valence-electron chi connectivity index (χ0n) is 13.3. The van der Waals surface area contributed by atoms with E-state index in [1.807, 2.05) is 29.8 Å². The zero-order valence-corrected chi connectivity index (χ0v) is 14.2. The van der Waals surface area contributed by atoms with Crippen molar-refractivity contribution in [2.45, 2.75) is 12.2 Å². The maximum atomic E-state index is 10.7. The van der Waals surface area contributed by atoms with E-state index in [0.29, 0.717) is 13.2 Å². The molecule has 1 saturated heterocycles. The predicted octanol–water partition coefficient (Wildman–Crippen LogP) is 3.40. The molecule has 1 aromatic heterocycles. The van der Waals surface area contributed by atoms with E-state index in [-0.39, 0.29) is 6.10 Å². The lowest BCUT2D eigenvalue weighted by atomic mass is 10.0. The normalized spacial score (nSPS) is 20.3. The summed E-state index contributed by atoms with van der Waals surface area (Å²) < 4.78 is 5.82. The van der Waals surface area contributed by atoms with Gasteiger partial charge in [0.15, 0.2) is 0 Å². The van der Waals surface area contributed by atoms with Crippen LogP contribution in [-0.4, -0.2) is 41.2 Å². The average molecular weight is 340 g/mol. The summed E-state index contributed by atoms with van der Waals surface area (Å²) in [4.78, 5) is 6.61. The third-order valence-electron chi connectivity index (χ3n) is 4.47. The van der Waals surface area contributed by atoms with Gasteiger partial charge < -0.3 is 9.84 Å². The monoisotopic (exact) mass is 340 g/mol. The smallest absolute Gasteiger partial charge is 0.123 e. The molecule has 0 spiro atoms. The highest BCUT2D eigenvalue weighted by atomic mass is 32.1. The van der Waals surface area contributed by atoms with Crippen LogP contribution in [0.3, 0.4) is 0 Å². The van der Waals surface area contributed by atoms with Crippen molar-refractivity contribution in [3.05, 3.63) is 64.6 Å². The third-order valence-corrected chi connectivity index (χ3v) is 5.33. The largest absolute Gasteiger partial charge is 0.387 e. The van der Waals surface area contributed by atoms with E-state index in [1.165, 1.54) is 5.39 Å². The fourth-order valence-electron chi connectivity index (χ4n) is 3.18. The van der Waals surface area contributed by atoms with Crippen LogP contribution in [0.25, 0.3) is 10.8 Å². The molecule has 2 aromatic carbocycles. The van der Waals surface area contributed by atoms with Crippen molar-refractivity contribution in [2.24, 2.45) is 0 Å². The molecule has 5 heteroatoms. The third kappa shape index (κ3) is 3.35. The molecular weight excluding hydrogens is 320 g/mol. The van der Waals surface area contributed by atoms with Gasteiger partial charge in [0.25, 0.3) is 0 Å².